The molecule has 2 bridgehead atoms. The number of hydrogen-bond acceptors (Lipinski definition) is 3. The summed E-state index contributed by atoms with van der Waals surface area (Å²) >= 11 is 0. The minimum Gasteiger partial charge on any atom is -0.481 e. The predicted molar refractivity (Wildman–Crippen MR) is 104 cm³/mol. The van der Waals surface area contributed by atoms with Crippen molar-refractivity contribution in [2.24, 2.45) is 11.8 Å². The minimum absolute atomic E-state index is 0.260. The molecule has 0 aromatic rings. The molecule has 0 aliphatic carbocycles. The lowest BCUT2D eigenvalue weighted by atomic mass is 9.78. The Morgan fingerprint density at radius 3 is 2.54 bits per heavy atom. The summed E-state index contributed by atoms with van der Waals surface area (Å²) in [7, 11) is 0. The van der Waals surface area contributed by atoms with Crippen LogP contribution in [-0.2, 0) is 14.3 Å². The van der Waals surface area contributed by atoms with Gasteiger partial charge in [-0.3, -0.25) is 4.79 Å². The third-order valence-corrected chi connectivity index (χ3v) is 5.88. The van der Waals surface area contributed by atoms with Crippen LogP contribution in [-0.4, -0.2) is 36.5 Å². The molecule has 2 aliphatic rings. The summed E-state index contributed by atoms with van der Waals surface area (Å²) in [5.41, 5.74) is 0. The lowest BCUT2D eigenvalue weighted by Gasteiger charge is -2.27. The number of unbranched alkanes of at least 4 members (excludes halogenated alkanes) is 6. The van der Waals surface area contributed by atoms with Crippen molar-refractivity contribution in [2.45, 2.75) is 96.2 Å². The van der Waals surface area contributed by atoms with E-state index < -0.39 is 5.97 Å². The van der Waals surface area contributed by atoms with Gasteiger partial charge in [0.1, 0.15) is 0 Å². The van der Waals surface area contributed by atoms with Crippen molar-refractivity contribution in [3.8, 4) is 0 Å². The smallest absolute Gasteiger partial charge is 0.303 e. The number of aliphatic carboxylic acids is 1. The van der Waals surface area contributed by atoms with Gasteiger partial charge in [-0.25, -0.2) is 0 Å². The molecule has 2 rings (SSSR count). The fourth-order valence-corrected chi connectivity index (χ4v) is 4.37. The van der Waals surface area contributed by atoms with Gasteiger partial charge in [-0.2, -0.15) is 0 Å². The number of hydrogen-bond donors (Lipinski definition) is 1. The standard InChI is InChI=1S/C22H38O4/c1-2-3-4-5-8-11-16-25-17-19-18(20-14-15-21(19)26-20)12-9-6-7-10-13-22(23)24/h6,9,18-21H,2-5,7-8,10-17H2,1H3,(H,23,24)/b9-6-. The number of fused-ring (bicyclic) bond motifs is 2. The SMILES string of the molecule is CCCCCCCCOCC1C2CCC(O2)C1C/C=C\CCCC(=O)O. The molecule has 0 aromatic carbocycles. The van der Waals surface area contributed by atoms with Crippen LogP contribution in [0.3, 0.4) is 0 Å². The van der Waals surface area contributed by atoms with Crippen molar-refractivity contribution in [3.63, 3.8) is 0 Å². The summed E-state index contributed by atoms with van der Waals surface area (Å²) in [6.45, 7) is 3.98. The van der Waals surface area contributed by atoms with Crippen LogP contribution in [0.25, 0.3) is 0 Å². The summed E-state index contributed by atoms with van der Waals surface area (Å²) in [5, 5.41) is 8.67. The molecule has 0 saturated carbocycles. The van der Waals surface area contributed by atoms with Gasteiger partial charge in [0.2, 0.25) is 0 Å². The van der Waals surface area contributed by atoms with Gasteiger partial charge in [0.15, 0.2) is 0 Å². The van der Waals surface area contributed by atoms with E-state index in [4.69, 9.17) is 14.6 Å². The van der Waals surface area contributed by atoms with Crippen LogP contribution in [0.1, 0.15) is 84.0 Å². The Kier molecular flexibility index (Phi) is 10.3. The highest BCUT2D eigenvalue weighted by Gasteiger charge is 2.48. The Morgan fingerprint density at radius 1 is 1.04 bits per heavy atom. The van der Waals surface area contributed by atoms with E-state index in [0.717, 1.165) is 32.5 Å². The first kappa shape index (κ1) is 21.4. The van der Waals surface area contributed by atoms with E-state index in [2.05, 4.69) is 19.1 Å². The number of carbonyl (C=O) groups is 1. The summed E-state index contributed by atoms with van der Waals surface area (Å²) in [4.78, 5) is 10.5. The zero-order valence-electron chi connectivity index (χ0n) is 16.5. The van der Waals surface area contributed by atoms with Crippen LogP contribution in [0.2, 0.25) is 0 Å². The maximum Gasteiger partial charge on any atom is 0.303 e. The second kappa shape index (κ2) is 12.5. The van der Waals surface area contributed by atoms with E-state index in [1.807, 2.05) is 0 Å². The largest absolute Gasteiger partial charge is 0.481 e. The molecular formula is C22H38O4. The Morgan fingerprint density at radius 2 is 1.77 bits per heavy atom. The first-order valence-electron chi connectivity index (χ1n) is 10.8. The van der Waals surface area contributed by atoms with Gasteiger partial charge in [-0.1, -0.05) is 51.2 Å². The summed E-state index contributed by atoms with van der Waals surface area (Å²) in [6.07, 6.45) is 18.3. The molecule has 0 aromatic heterocycles. The Balaban J connectivity index is 1.60. The highest BCUT2D eigenvalue weighted by atomic mass is 16.5. The van der Waals surface area contributed by atoms with Crippen molar-refractivity contribution in [1.82, 2.24) is 0 Å². The number of ether oxygens (including phenoxy) is 2. The molecule has 2 saturated heterocycles. The van der Waals surface area contributed by atoms with Crippen molar-refractivity contribution < 1.29 is 19.4 Å². The number of carboxylic acids is 1. The molecule has 1 N–H and O–H groups in total. The second-order valence-electron chi connectivity index (χ2n) is 7.95. The average Bonchev–Trinajstić information content (AvgIpc) is 3.22. The molecule has 0 radical (unpaired) electrons. The van der Waals surface area contributed by atoms with Gasteiger partial charge < -0.3 is 14.6 Å². The van der Waals surface area contributed by atoms with Gasteiger partial charge in [0.05, 0.1) is 18.8 Å². The first-order valence-corrected chi connectivity index (χ1v) is 10.8. The molecular weight excluding hydrogens is 328 g/mol. The summed E-state index contributed by atoms with van der Waals surface area (Å²) in [6, 6.07) is 0. The zero-order chi connectivity index (χ0) is 18.6. The number of rotatable bonds is 15. The molecule has 26 heavy (non-hydrogen) atoms. The van der Waals surface area contributed by atoms with Crippen LogP contribution >= 0.6 is 0 Å². The first-order chi connectivity index (χ1) is 12.7. The molecule has 2 fully saturated rings. The van der Waals surface area contributed by atoms with Crippen molar-refractivity contribution in [3.05, 3.63) is 12.2 Å². The van der Waals surface area contributed by atoms with E-state index >= 15 is 0 Å². The zero-order valence-corrected chi connectivity index (χ0v) is 16.5. The fraction of sp³-hybridized carbons (Fsp3) is 0.864. The average molecular weight is 367 g/mol. The van der Waals surface area contributed by atoms with Crippen LogP contribution in [0.5, 0.6) is 0 Å². The normalized spacial score (nSPS) is 27.6. The Hall–Kier alpha value is -0.870. The number of allylic oxidation sites excluding steroid dienone is 2. The molecule has 150 valence electrons. The lowest BCUT2D eigenvalue weighted by molar-refractivity contribution is -0.137. The quantitative estimate of drug-likeness (QED) is 0.313. The Labute approximate surface area is 159 Å². The van der Waals surface area contributed by atoms with Crippen LogP contribution in [0.15, 0.2) is 12.2 Å². The van der Waals surface area contributed by atoms with E-state index in [9.17, 15) is 4.79 Å². The van der Waals surface area contributed by atoms with Crippen molar-refractivity contribution in [1.29, 1.82) is 0 Å². The van der Waals surface area contributed by atoms with E-state index in [-0.39, 0.29) is 6.42 Å². The molecule has 4 unspecified atom stereocenters. The summed E-state index contributed by atoms with van der Waals surface area (Å²) in [5.74, 6) is 0.411. The third-order valence-electron chi connectivity index (χ3n) is 5.88. The molecule has 4 nitrogen and oxygen atoms in total. The maximum atomic E-state index is 10.5. The van der Waals surface area contributed by atoms with Crippen LogP contribution in [0.4, 0.5) is 0 Å². The maximum absolute atomic E-state index is 10.5. The highest BCUT2D eigenvalue weighted by Crippen LogP contribution is 2.45. The second-order valence-corrected chi connectivity index (χ2v) is 7.95. The Bertz CT molecular complexity index is 420. The van der Waals surface area contributed by atoms with E-state index in [0.29, 0.717) is 24.0 Å². The summed E-state index contributed by atoms with van der Waals surface area (Å²) < 4.78 is 12.1. The fourth-order valence-electron chi connectivity index (χ4n) is 4.37. The monoisotopic (exact) mass is 366 g/mol. The third kappa shape index (κ3) is 7.40. The molecule has 4 atom stereocenters. The topological polar surface area (TPSA) is 55.8 Å². The van der Waals surface area contributed by atoms with Crippen molar-refractivity contribution in [2.75, 3.05) is 13.2 Å². The molecule has 4 heteroatoms. The van der Waals surface area contributed by atoms with Crippen molar-refractivity contribution >= 4 is 5.97 Å². The molecule has 2 heterocycles. The van der Waals surface area contributed by atoms with E-state index in [1.54, 1.807) is 0 Å². The van der Waals surface area contributed by atoms with Gasteiger partial charge in [-0.15, -0.1) is 0 Å². The molecule has 2 aliphatic heterocycles. The minimum atomic E-state index is -0.706. The number of carboxylic acid groups (broad SMARTS) is 1. The van der Waals surface area contributed by atoms with Gasteiger partial charge in [-0.05, 0) is 44.4 Å². The highest BCUT2D eigenvalue weighted by molar-refractivity contribution is 5.66. The lowest BCUT2D eigenvalue weighted by Crippen LogP contribution is -2.30. The molecule has 0 spiro atoms. The van der Waals surface area contributed by atoms with Gasteiger partial charge in [0.25, 0.3) is 0 Å². The predicted octanol–water partition coefficient (Wildman–Crippen LogP) is 5.36. The van der Waals surface area contributed by atoms with Crippen LogP contribution < -0.4 is 0 Å². The van der Waals surface area contributed by atoms with Gasteiger partial charge >= 0.3 is 5.97 Å². The van der Waals surface area contributed by atoms with Crippen LogP contribution in [0, 0.1) is 11.8 Å². The molecule has 0 amide bonds. The van der Waals surface area contributed by atoms with E-state index in [1.165, 1.54) is 51.4 Å². The van der Waals surface area contributed by atoms with Gasteiger partial charge in [0, 0.05) is 18.9 Å².